The van der Waals surface area contributed by atoms with Crippen molar-refractivity contribution in [2.75, 3.05) is 0 Å². The monoisotopic (exact) mass is 218 g/mol. The summed E-state index contributed by atoms with van der Waals surface area (Å²) in [5.41, 5.74) is 0. The third-order valence-electron chi connectivity index (χ3n) is 0.101. The van der Waals surface area contributed by atoms with E-state index in [4.69, 9.17) is 0 Å². The van der Waals surface area contributed by atoms with Crippen LogP contribution in [0.5, 0.6) is 0 Å². The van der Waals surface area contributed by atoms with E-state index in [1.807, 2.05) is 0 Å². The third-order valence-corrected chi connectivity index (χ3v) is 3.42. The lowest BCUT2D eigenvalue weighted by molar-refractivity contribution is 0.701. The minimum atomic E-state index is 0.616. The molecule has 0 saturated heterocycles. The van der Waals surface area contributed by atoms with Crippen molar-refractivity contribution in [1.82, 2.24) is 0 Å². The molecular formula is HBIOPS. The fourth-order valence-corrected chi connectivity index (χ4v) is 1.20. The molecule has 0 aliphatic carbocycles. The second-order valence-electron chi connectivity index (χ2n) is 0.323. The molecule has 0 bridgehead atoms. The Labute approximate surface area is 49.5 Å². The average Bonchev–Trinajstić information content (AvgIpc) is 1.41. The number of hydrogen-bond acceptors (Lipinski definition) is 1. The molecule has 28 valence electrons. The normalized spacial score (nSPS) is 7.40. The van der Waals surface area contributed by atoms with E-state index >= 15 is 0 Å². The molecule has 0 spiro atoms. The molecule has 0 aromatic heterocycles. The van der Waals surface area contributed by atoms with Crippen molar-refractivity contribution in [2.45, 2.75) is 0 Å². The standard InChI is InChI=1S/BHIOPS/c2-1-4-5-3/h1H. The zero-order valence-electron chi connectivity index (χ0n) is 2.35. The lowest BCUT2D eigenvalue weighted by Gasteiger charge is -1.47. The Bertz CT molecular complexity index is 58.7. The van der Waals surface area contributed by atoms with Gasteiger partial charge < -0.3 is 0 Å². The van der Waals surface area contributed by atoms with Crippen molar-refractivity contribution in [1.29, 1.82) is 0 Å². The molecule has 1 nitrogen and oxygen atoms in total. The van der Waals surface area contributed by atoms with E-state index < -0.39 is 0 Å². The zero-order valence-corrected chi connectivity index (χ0v) is 6.22. The predicted octanol–water partition coefficient (Wildman–Crippen LogP) is 0.762. The summed E-state index contributed by atoms with van der Waals surface area (Å²) < 4.78 is 9.43. The number of rotatable bonds is 1. The second kappa shape index (κ2) is 5.11. The van der Waals surface area contributed by atoms with E-state index in [0.29, 0.717) is 10.8 Å². The van der Waals surface area contributed by atoms with Crippen molar-refractivity contribution in [3.8, 4) is 0 Å². The Kier molecular flexibility index (Phi) is 6.26. The predicted molar refractivity (Wildman–Crippen MR) is 36.2 cm³/mol. The van der Waals surface area contributed by atoms with Crippen LogP contribution in [0.15, 0.2) is 0 Å². The first-order valence-corrected chi connectivity index (χ1v) is 4.88. The van der Waals surface area contributed by atoms with E-state index in [1.54, 1.807) is 0 Å². The fraction of sp³-hybridized carbons (Fsp3) is 0. The van der Waals surface area contributed by atoms with Crippen LogP contribution >= 0.6 is 29.6 Å². The molecule has 0 N–H and O–H groups in total. The minimum absolute atomic E-state index is 0.616. The van der Waals surface area contributed by atoms with E-state index in [1.165, 1.54) is 0 Å². The van der Waals surface area contributed by atoms with Crippen molar-refractivity contribution >= 4 is 45.3 Å². The summed E-state index contributed by atoms with van der Waals surface area (Å²) in [4.78, 5) is 0.936. The van der Waals surface area contributed by atoms with Gasteiger partial charge in [0.1, 0.15) is 10.8 Å². The van der Waals surface area contributed by atoms with E-state index in [2.05, 4.69) is 22.4 Å². The molecule has 0 aliphatic rings. The van der Waals surface area contributed by atoms with Crippen LogP contribution in [0.25, 0.3) is 0 Å². The van der Waals surface area contributed by atoms with Gasteiger partial charge in [-0.05, 0) is 7.23 Å². The van der Waals surface area contributed by atoms with Crippen molar-refractivity contribution in [3.05, 3.63) is 0 Å². The SMILES string of the molecule is O=S=PBI. The first-order valence-electron chi connectivity index (χ1n) is 0.933. The Morgan fingerprint density at radius 2 is 2.60 bits per heavy atom. The van der Waals surface area contributed by atoms with Gasteiger partial charge in [0.15, 0.2) is 0 Å². The highest BCUT2D eigenvalue weighted by molar-refractivity contribution is 14.1. The van der Waals surface area contributed by atoms with Crippen LogP contribution in [0.2, 0.25) is 0 Å². The van der Waals surface area contributed by atoms with Crippen molar-refractivity contribution in [2.24, 2.45) is 0 Å². The number of hydrogen-bond donors (Lipinski definition) is 0. The maximum Gasteiger partial charge on any atom is 0.275 e. The highest BCUT2D eigenvalue weighted by Gasteiger charge is 1.63. The van der Waals surface area contributed by atoms with Gasteiger partial charge in [0.05, 0.1) is 0 Å². The van der Waals surface area contributed by atoms with Gasteiger partial charge in [-0.3, -0.25) is 0 Å². The molecule has 0 aromatic carbocycles. The Hall–Kier alpha value is 1.11. The maximum atomic E-state index is 9.43. The molecule has 0 heterocycles. The van der Waals surface area contributed by atoms with Crippen LogP contribution in [0, 0.1) is 0 Å². The van der Waals surface area contributed by atoms with E-state index in [9.17, 15) is 4.21 Å². The highest BCUT2D eigenvalue weighted by Crippen LogP contribution is 1.91. The Morgan fingerprint density at radius 3 is 2.60 bits per heavy atom. The van der Waals surface area contributed by atoms with Gasteiger partial charge in [0.2, 0.25) is 0 Å². The molecule has 5 heavy (non-hydrogen) atoms. The topological polar surface area (TPSA) is 17.1 Å². The first kappa shape index (κ1) is 6.11. The summed E-state index contributed by atoms with van der Waals surface area (Å²) in [6, 6.07) is 0. The van der Waals surface area contributed by atoms with Gasteiger partial charge in [-0.15, -0.1) is 22.4 Å². The van der Waals surface area contributed by atoms with Gasteiger partial charge in [-0.2, -0.15) is 0 Å². The first-order chi connectivity index (χ1) is 2.41. The largest absolute Gasteiger partial charge is 0.275 e. The summed E-state index contributed by atoms with van der Waals surface area (Å²) in [5.74, 6) is 0. The quantitative estimate of drug-likeness (QED) is 0.360. The molecular weight excluding hydrogens is 217 g/mol. The van der Waals surface area contributed by atoms with Crippen LogP contribution in [0.1, 0.15) is 0 Å². The molecule has 0 atom stereocenters. The Morgan fingerprint density at radius 1 is 2.00 bits per heavy atom. The van der Waals surface area contributed by atoms with Crippen LogP contribution in [-0.4, -0.2) is 9.06 Å². The van der Waals surface area contributed by atoms with E-state index in [0.717, 1.165) is 12.1 Å². The van der Waals surface area contributed by atoms with Crippen LogP contribution < -0.4 is 0 Å². The maximum absolute atomic E-state index is 9.43. The van der Waals surface area contributed by atoms with Gasteiger partial charge >= 0.3 is 0 Å². The van der Waals surface area contributed by atoms with E-state index in [-0.39, 0.29) is 0 Å². The van der Waals surface area contributed by atoms with Crippen molar-refractivity contribution < 1.29 is 4.21 Å². The van der Waals surface area contributed by atoms with Crippen LogP contribution in [0.4, 0.5) is 0 Å². The Balaban J connectivity index is 2.93. The van der Waals surface area contributed by atoms with Crippen molar-refractivity contribution in [3.63, 3.8) is 0 Å². The average molecular weight is 218 g/mol. The summed E-state index contributed by atoms with van der Waals surface area (Å²) in [6.45, 7) is 0. The lowest BCUT2D eigenvalue weighted by atomic mass is 10.8. The highest BCUT2D eigenvalue weighted by atomic mass is 127. The molecule has 5 heteroatoms. The fourth-order valence-electron chi connectivity index (χ4n) is 0.0199. The molecule has 0 rings (SSSR count). The zero-order chi connectivity index (χ0) is 4.12. The van der Waals surface area contributed by atoms with Gasteiger partial charge in [-0.25, -0.2) is 4.21 Å². The summed E-state index contributed by atoms with van der Waals surface area (Å²) in [6.07, 6.45) is 0. The molecule has 0 aromatic rings. The molecule has 0 unspecified atom stereocenters. The van der Waals surface area contributed by atoms with Gasteiger partial charge in [0, 0.05) is 0 Å². The smallest absolute Gasteiger partial charge is 0.209 e. The van der Waals surface area contributed by atoms with Crippen LogP contribution in [0.3, 0.4) is 0 Å². The molecule has 0 amide bonds. The van der Waals surface area contributed by atoms with Crippen LogP contribution in [-0.2, 0) is 10.8 Å². The summed E-state index contributed by atoms with van der Waals surface area (Å²) in [7, 11) is 1.54. The molecule has 0 radical (unpaired) electrons. The van der Waals surface area contributed by atoms with Gasteiger partial charge in [-0.1, -0.05) is 0 Å². The second-order valence-corrected chi connectivity index (χ2v) is 4.24. The summed E-state index contributed by atoms with van der Waals surface area (Å²) in [5, 5.41) is 0. The lowest BCUT2D eigenvalue weighted by Crippen LogP contribution is -1.40. The third kappa shape index (κ3) is 5.11. The minimum Gasteiger partial charge on any atom is -0.209 e. The van der Waals surface area contributed by atoms with Gasteiger partial charge in [0.25, 0.3) is 4.86 Å². The number of halogens is 1. The molecule has 0 saturated carbocycles. The molecule has 0 aliphatic heterocycles. The molecule has 0 fully saturated rings. The summed E-state index contributed by atoms with van der Waals surface area (Å²) >= 11 is 2.15.